The summed E-state index contributed by atoms with van der Waals surface area (Å²) in [4.78, 5) is 24.7. The number of nitrogens with one attached hydrogen (secondary N) is 1. The topological polar surface area (TPSA) is 84.7 Å². The van der Waals surface area contributed by atoms with Gasteiger partial charge in [-0.1, -0.05) is 19.1 Å². The number of rotatable bonds is 8. The molecule has 1 N–H and O–H groups in total. The van der Waals surface area contributed by atoms with Crippen LogP contribution in [0.1, 0.15) is 18.1 Å². The number of carbonyl (C=O) groups is 1. The first-order valence-electron chi connectivity index (χ1n) is 8.44. The van der Waals surface area contributed by atoms with Gasteiger partial charge in [-0.15, -0.1) is 0 Å². The second-order valence-corrected chi connectivity index (χ2v) is 6.03. The predicted octanol–water partition coefficient (Wildman–Crippen LogP) is 3.51. The second kappa shape index (κ2) is 9.09. The van der Waals surface area contributed by atoms with Crippen molar-refractivity contribution < 1.29 is 18.8 Å². The molecule has 8 heteroatoms. The van der Waals surface area contributed by atoms with E-state index in [1.807, 2.05) is 11.8 Å². The van der Waals surface area contributed by atoms with Crippen molar-refractivity contribution in [1.82, 2.24) is 4.90 Å². The van der Waals surface area contributed by atoms with Gasteiger partial charge in [-0.2, -0.15) is 0 Å². The molecule has 0 aliphatic carbocycles. The first-order chi connectivity index (χ1) is 12.8. The van der Waals surface area contributed by atoms with Crippen LogP contribution in [-0.2, 0) is 11.3 Å². The Morgan fingerprint density at radius 2 is 2.07 bits per heavy atom. The fourth-order valence-electron chi connectivity index (χ4n) is 2.70. The molecule has 0 saturated carbocycles. The summed E-state index contributed by atoms with van der Waals surface area (Å²) in [5.74, 6) is -0.585. The molecular formula is C19H22FN3O4. The highest BCUT2D eigenvalue weighted by Gasteiger charge is 2.16. The fraction of sp³-hybridized carbons (Fsp3) is 0.316. The SMILES string of the molecule is CCN(CC(=O)Nc1cccc([N+](=O)[O-])c1C)Cc1ccc(OC)c(F)c1. The van der Waals surface area contributed by atoms with Crippen LogP contribution < -0.4 is 10.1 Å². The number of amides is 1. The molecule has 0 heterocycles. The molecule has 7 nitrogen and oxygen atoms in total. The van der Waals surface area contributed by atoms with E-state index in [1.54, 1.807) is 25.1 Å². The van der Waals surface area contributed by atoms with Crippen molar-refractivity contribution in [2.45, 2.75) is 20.4 Å². The number of hydrogen-bond acceptors (Lipinski definition) is 5. The zero-order valence-corrected chi connectivity index (χ0v) is 15.5. The van der Waals surface area contributed by atoms with Crippen molar-refractivity contribution >= 4 is 17.3 Å². The molecule has 0 atom stereocenters. The Kier molecular flexibility index (Phi) is 6.84. The van der Waals surface area contributed by atoms with Crippen molar-refractivity contribution in [1.29, 1.82) is 0 Å². The van der Waals surface area contributed by atoms with E-state index < -0.39 is 10.7 Å². The summed E-state index contributed by atoms with van der Waals surface area (Å²) in [6.07, 6.45) is 0. The summed E-state index contributed by atoms with van der Waals surface area (Å²) in [5, 5.41) is 13.7. The van der Waals surface area contributed by atoms with Gasteiger partial charge in [-0.05, 0) is 37.2 Å². The Morgan fingerprint density at radius 1 is 1.33 bits per heavy atom. The summed E-state index contributed by atoms with van der Waals surface area (Å²) < 4.78 is 18.7. The lowest BCUT2D eigenvalue weighted by molar-refractivity contribution is -0.385. The first kappa shape index (κ1) is 20.3. The van der Waals surface area contributed by atoms with E-state index in [2.05, 4.69) is 5.32 Å². The van der Waals surface area contributed by atoms with Crippen molar-refractivity contribution in [3.8, 4) is 5.75 Å². The van der Waals surface area contributed by atoms with Crippen LogP contribution in [0.5, 0.6) is 5.75 Å². The molecule has 0 radical (unpaired) electrons. The Hall–Kier alpha value is -3.00. The lowest BCUT2D eigenvalue weighted by Crippen LogP contribution is -2.33. The minimum absolute atomic E-state index is 0.0474. The summed E-state index contributed by atoms with van der Waals surface area (Å²) in [7, 11) is 1.40. The lowest BCUT2D eigenvalue weighted by atomic mass is 10.1. The normalized spacial score (nSPS) is 10.7. The van der Waals surface area contributed by atoms with E-state index in [9.17, 15) is 19.3 Å². The minimum Gasteiger partial charge on any atom is -0.494 e. The zero-order chi connectivity index (χ0) is 20.0. The highest BCUT2D eigenvalue weighted by Crippen LogP contribution is 2.25. The van der Waals surface area contributed by atoms with Crippen molar-refractivity contribution in [2.24, 2.45) is 0 Å². The maximum Gasteiger partial charge on any atom is 0.274 e. The minimum atomic E-state index is -0.485. The number of anilines is 1. The molecule has 0 spiro atoms. The molecule has 2 aromatic rings. The number of hydrogen-bond donors (Lipinski definition) is 1. The Balaban J connectivity index is 2.04. The van der Waals surface area contributed by atoms with Crippen LogP contribution in [0.2, 0.25) is 0 Å². The van der Waals surface area contributed by atoms with Crippen LogP contribution in [-0.4, -0.2) is 35.9 Å². The van der Waals surface area contributed by atoms with Crippen LogP contribution in [0.3, 0.4) is 0 Å². The second-order valence-electron chi connectivity index (χ2n) is 6.03. The van der Waals surface area contributed by atoms with Gasteiger partial charge >= 0.3 is 0 Å². The van der Waals surface area contributed by atoms with Crippen molar-refractivity contribution in [3.05, 3.63) is 63.5 Å². The van der Waals surface area contributed by atoms with E-state index in [0.29, 0.717) is 24.3 Å². The third-order valence-corrected chi connectivity index (χ3v) is 4.21. The number of methoxy groups -OCH3 is 1. The largest absolute Gasteiger partial charge is 0.494 e. The number of nitrogens with zero attached hydrogens (tertiary/aromatic N) is 2. The lowest BCUT2D eigenvalue weighted by Gasteiger charge is -2.20. The molecule has 2 aromatic carbocycles. The number of ether oxygens (including phenoxy) is 1. The monoisotopic (exact) mass is 375 g/mol. The molecule has 144 valence electrons. The summed E-state index contributed by atoms with van der Waals surface area (Å²) in [6.45, 7) is 4.53. The molecular weight excluding hydrogens is 353 g/mol. The van der Waals surface area contributed by atoms with Gasteiger partial charge in [-0.3, -0.25) is 19.8 Å². The Bertz CT molecular complexity index is 842. The third-order valence-electron chi connectivity index (χ3n) is 4.21. The maximum atomic E-state index is 13.8. The van der Waals surface area contributed by atoms with E-state index in [1.165, 1.54) is 25.3 Å². The average Bonchev–Trinajstić information content (AvgIpc) is 2.62. The maximum absolute atomic E-state index is 13.8. The molecule has 0 aromatic heterocycles. The molecule has 0 aliphatic heterocycles. The van der Waals surface area contributed by atoms with Gasteiger partial charge in [0, 0.05) is 12.6 Å². The highest BCUT2D eigenvalue weighted by molar-refractivity contribution is 5.93. The third kappa shape index (κ3) is 5.24. The number of nitro groups is 1. The number of halogens is 1. The molecule has 0 aliphatic rings. The van der Waals surface area contributed by atoms with Gasteiger partial charge in [0.1, 0.15) is 0 Å². The molecule has 0 bridgehead atoms. The van der Waals surface area contributed by atoms with Gasteiger partial charge in [-0.25, -0.2) is 4.39 Å². The number of likely N-dealkylation sites (N-methyl/N-ethyl adjacent to an activating group) is 1. The molecule has 0 saturated heterocycles. The standard InChI is InChI=1S/C19H22FN3O4/c1-4-22(11-14-8-9-18(27-3)15(20)10-14)12-19(24)21-16-6-5-7-17(13(16)2)23(25)26/h5-10H,4,11-12H2,1-3H3,(H,21,24). The predicted molar refractivity (Wildman–Crippen MR) is 100 cm³/mol. The quantitative estimate of drug-likeness (QED) is 0.564. The number of carbonyl (C=O) groups excluding carboxylic acids is 1. The fourth-order valence-corrected chi connectivity index (χ4v) is 2.70. The van der Waals surface area contributed by atoms with Gasteiger partial charge in [0.15, 0.2) is 11.6 Å². The van der Waals surface area contributed by atoms with Crippen LogP contribution in [0.15, 0.2) is 36.4 Å². The summed E-state index contributed by atoms with van der Waals surface area (Å²) in [6, 6.07) is 9.21. The van der Waals surface area contributed by atoms with Gasteiger partial charge in [0.2, 0.25) is 5.91 Å². The van der Waals surface area contributed by atoms with Crippen molar-refractivity contribution in [3.63, 3.8) is 0 Å². The van der Waals surface area contributed by atoms with Gasteiger partial charge in [0.05, 0.1) is 29.8 Å². The van der Waals surface area contributed by atoms with Crippen LogP contribution >= 0.6 is 0 Å². The Morgan fingerprint density at radius 3 is 2.67 bits per heavy atom. The highest BCUT2D eigenvalue weighted by atomic mass is 19.1. The Labute approximate surface area is 156 Å². The summed E-state index contributed by atoms with van der Waals surface area (Å²) in [5.41, 5.74) is 1.47. The molecule has 0 unspecified atom stereocenters. The van der Waals surface area contributed by atoms with Gasteiger partial charge in [0.25, 0.3) is 5.69 Å². The molecule has 27 heavy (non-hydrogen) atoms. The number of benzene rings is 2. The summed E-state index contributed by atoms with van der Waals surface area (Å²) >= 11 is 0. The van der Waals surface area contributed by atoms with Crippen LogP contribution in [0.25, 0.3) is 0 Å². The van der Waals surface area contributed by atoms with E-state index in [0.717, 1.165) is 5.56 Å². The van der Waals surface area contributed by atoms with Crippen molar-refractivity contribution in [2.75, 3.05) is 25.5 Å². The first-order valence-corrected chi connectivity index (χ1v) is 8.44. The van der Waals surface area contributed by atoms with Crippen LogP contribution in [0.4, 0.5) is 15.8 Å². The van der Waals surface area contributed by atoms with E-state index in [4.69, 9.17) is 4.74 Å². The molecule has 0 fully saturated rings. The average molecular weight is 375 g/mol. The van der Waals surface area contributed by atoms with Gasteiger partial charge < -0.3 is 10.1 Å². The smallest absolute Gasteiger partial charge is 0.274 e. The van der Waals surface area contributed by atoms with Crippen LogP contribution in [0, 0.1) is 22.9 Å². The number of nitro benzene ring substituents is 1. The zero-order valence-electron chi connectivity index (χ0n) is 15.5. The molecule has 1 amide bonds. The van der Waals surface area contributed by atoms with E-state index in [-0.39, 0.29) is 23.9 Å². The van der Waals surface area contributed by atoms with E-state index >= 15 is 0 Å². The molecule has 2 rings (SSSR count).